The van der Waals surface area contributed by atoms with Gasteiger partial charge in [0, 0.05) is 32.6 Å². The number of hydrogen-bond acceptors (Lipinski definition) is 9. The number of amides is 1. The Morgan fingerprint density at radius 3 is 2.62 bits per heavy atom. The Kier molecular flexibility index (Phi) is 4.82. The number of likely N-dealkylation sites (N-methyl/N-ethyl adjacent to an activating group) is 1. The molecule has 5 heterocycles. The predicted molar refractivity (Wildman–Crippen MR) is 113 cm³/mol. The first-order valence-electron chi connectivity index (χ1n) is 10.0. The van der Waals surface area contributed by atoms with Crippen molar-refractivity contribution in [3.63, 3.8) is 0 Å². The van der Waals surface area contributed by atoms with Crippen molar-refractivity contribution in [1.29, 1.82) is 0 Å². The number of nitrogens with zero attached hydrogens (tertiary/aromatic N) is 9. The molecule has 0 aromatic carbocycles. The summed E-state index contributed by atoms with van der Waals surface area (Å²) in [5.74, 6) is -3.79. The average molecular weight is 468 g/mol. The first-order valence-corrected chi connectivity index (χ1v) is 10.0. The van der Waals surface area contributed by atoms with Gasteiger partial charge in [0.25, 0.3) is 11.5 Å². The standard InChI is InChI=1S/C20H18F2N10O2/c1-30-11-19(21,22)20(34,17(30)33)14-10-32(29-27-14)16-5-3-4-12(24-16)13-6-8-23-18(25-13)26-15-7-9-31(2)28-15/h3-10,34H,11H2,1-2H3,(H,23,25,26,28)/t20-/m1/s1. The fraction of sp³-hybridized carbons (Fsp3) is 0.250. The highest BCUT2D eigenvalue weighted by molar-refractivity contribution is 5.89. The number of carbonyl (C=O) groups excluding carboxylic acids is 1. The number of aryl methyl sites for hydroxylation is 1. The molecule has 0 saturated carbocycles. The van der Waals surface area contributed by atoms with Gasteiger partial charge in [-0.15, -0.1) is 5.10 Å². The number of nitrogens with one attached hydrogen (secondary N) is 1. The summed E-state index contributed by atoms with van der Waals surface area (Å²) < 4.78 is 31.6. The maximum Gasteiger partial charge on any atom is 0.308 e. The van der Waals surface area contributed by atoms with Crippen LogP contribution in [-0.4, -0.2) is 75.2 Å². The van der Waals surface area contributed by atoms with E-state index in [1.54, 1.807) is 54.5 Å². The van der Waals surface area contributed by atoms with Gasteiger partial charge in [-0.3, -0.25) is 9.48 Å². The lowest BCUT2D eigenvalue weighted by Crippen LogP contribution is -2.47. The van der Waals surface area contributed by atoms with Crippen LogP contribution in [0.3, 0.4) is 0 Å². The van der Waals surface area contributed by atoms with Gasteiger partial charge in [0.15, 0.2) is 11.6 Å². The van der Waals surface area contributed by atoms with Crippen LogP contribution < -0.4 is 5.32 Å². The molecule has 1 aliphatic heterocycles. The highest BCUT2D eigenvalue weighted by Gasteiger charge is 2.67. The van der Waals surface area contributed by atoms with Crippen molar-refractivity contribution in [2.24, 2.45) is 7.05 Å². The minimum atomic E-state index is -3.73. The van der Waals surface area contributed by atoms with Crippen LogP contribution >= 0.6 is 0 Å². The van der Waals surface area contributed by atoms with Crippen molar-refractivity contribution in [2.45, 2.75) is 11.5 Å². The molecule has 0 spiro atoms. The highest BCUT2D eigenvalue weighted by Crippen LogP contribution is 2.43. The molecule has 1 fully saturated rings. The van der Waals surface area contributed by atoms with E-state index in [9.17, 15) is 18.7 Å². The number of pyridine rings is 1. The summed E-state index contributed by atoms with van der Waals surface area (Å²) in [4.78, 5) is 26.1. The fourth-order valence-electron chi connectivity index (χ4n) is 3.61. The molecule has 1 atom stereocenters. The molecule has 12 nitrogen and oxygen atoms in total. The maximum atomic E-state index is 14.4. The van der Waals surface area contributed by atoms with Gasteiger partial charge in [0.1, 0.15) is 5.69 Å². The van der Waals surface area contributed by atoms with E-state index >= 15 is 0 Å². The van der Waals surface area contributed by atoms with Gasteiger partial charge in [-0.2, -0.15) is 5.10 Å². The molecule has 1 aliphatic rings. The summed E-state index contributed by atoms with van der Waals surface area (Å²) in [6.07, 6.45) is 4.38. The number of carbonyl (C=O) groups is 1. The van der Waals surface area contributed by atoms with E-state index in [0.717, 1.165) is 15.8 Å². The van der Waals surface area contributed by atoms with Crippen molar-refractivity contribution in [3.05, 3.63) is 54.6 Å². The topological polar surface area (TPSA) is 140 Å². The zero-order valence-electron chi connectivity index (χ0n) is 18.0. The highest BCUT2D eigenvalue weighted by atomic mass is 19.3. The molecule has 1 saturated heterocycles. The predicted octanol–water partition coefficient (Wildman–Crippen LogP) is 0.891. The number of halogens is 2. The van der Waals surface area contributed by atoms with Crippen molar-refractivity contribution in [2.75, 3.05) is 18.9 Å². The van der Waals surface area contributed by atoms with E-state index in [0.29, 0.717) is 23.2 Å². The molecule has 1 amide bonds. The van der Waals surface area contributed by atoms with Crippen LogP contribution in [0.15, 0.2) is 48.9 Å². The number of rotatable bonds is 5. The smallest absolute Gasteiger partial charge is 0.308 e. The largest absolute Gasteiger partial charge is 0.369 e. The molecule has 4 aromatic heterocycles. The quantitative estimate of drug-likeness (QED) is 0.437. The summed E-state index contributed by atoms with van der Waals surface area (Å²) in [5, 5.41) is 25.2. The van der Waals surface area contributed by atoms with Crippen molar-refractivity contribution in [3.8, 4) is 17.2 Å². The van der Waals surface area contributed by atoms with Gasteiger partial charge in [-0.25, -0.2) is 28.4 Å². The van der Waals surface area contributed by atoms with Crippen LogP contribution in [0.2, 0.25) is 0 Å². The number of alkyl halides is 2. The minimum absolute atomic E-state index is 0.222. The summed E-state index contributed by atoms with van der Waals surface area (Å²) in [5.41, 5.74) is -2.74. The second-order valence-electron chi connectivity index (χ2n) is 7.77. The van der Waals surface area contributed by atoms with Gasteiger partial charge >= 0.3 is 5.92 Å². The molecule has 14 heteroatoms. The molecule has 4 aromatic rings. The zero-order chi connectivity index (χ0) is 24.1. The molecule has 0 aliphatic carbocycles. The molecular formula is C20H18F2N10O2. The van der Waals surface area contributed by atoms with E-state index in [1.165, 1.54) is 7.05 Å². The number of aliphatic hydroxyl groups is 1. The van der Waals surface area contributed by atoms with E-state index in [-0.39, 0.29) is 5.82 Å². The van der Waals surface area contributed by atoms with Gasteiger partial charge in [-0.05, 0) is 18.2 Å². The van der Waals surface area contributed by atoms with Crippen molar-refractivity contribution < 1.29 is 18.7 Å². The third-order valence-electron chi connectivity index (χ3n) is 5.33. The normalized spacial score (nSPS) is 19.6. The number of anilines is 2. The SMILES string of the molecule is CN1CC(F)(F)[C@@](O)(c2cn(-c3cccc(-c4ccnc(Nc5ccn(C)n5)n4)n3)nn2)C1=O. The van der Waals surface area contributed by atoms with Crippen LogP contribution in [0.4, 0.5) is 20.5 Å². The third kappa shape index (κ3) is 3.44. The van der Waals surface area contributed by atoms with Crippen molar-refractivity contribution in [1.82, 2.24) is 44.6 Å². The second-order valence-corrected chi connectivity index (χ2v) is 7.77. The van der Waals surface area contributed by atoms with Crippen LogP contribution in [0, 0.1) is 0 Å². The Labute approximate surface area is 190 Å². The molecule has 174 valence electrons. The van der Waals surface area contributed by atoms with Gasteiger partial charge in [0.05, 0.1) is 24.1 Å². The maximum absolute atomic E-state index is 14.4. The Bertz CT molecular complexity index is 1390. The lowest BCUT2D eigenvalue weighted by atomic mass is 9.95. The summed E-state index contributed by atoms with van der Waals surface area (Å²) in [6.45, 7) is -0.925. The molecule has 0 bridgehead atoms. The second kappa shape index (κ2) is 7.62. The monoisotopic (exact) mass is 468 g/mol. The lowest BCUT2D eigenvalue weighted by Gasteiger charge is -2.23. The van der Waals surface area contributed by atoms with Gasteiger partial charge in [-0.1, -0.05) is 11.3 Å². The number of likely N-dealkylation sites (tertiary alicyclic amines) is 1. The summed E-state index contributed by atoms with van der Waals surface area (Å²) >= 11 is 0. The number of aromatic nitrogens is 8. The first kappa shape index (κ1) is 21.5. The molecule has 5 rings (SSSR count). The van der Waals surface area contributed by atoms with Crippen molar-refractivity contribution >= 4 is 17.7 Å². The molecule has 2 N–H and O–H groups in total. The Morgan fingerprint density at radius 2 is 1.91 bits per heavy atom. The Balaban J connectivity index is 1.44. The first-order chi connectivity index (χ1) is 16.2. The van der Waals surface area contributed by atoms with Crippen LogP contribution in [-0.2, 0) is 17.4 Å². The molecule has 0 unspecified atom stereocenters. The number of hydrogen-bond donors (Lipinski definition) is 2. The van der Waals surface area contributed by atoms with E-state index < -0.39 is 29.7 Å². The summed E-state index contributed by atoms with van der Waals surface area (Å²) in [6, 6.07) is 8.36. The zero-order valence-corrected chi connectivity index (χ0v) is 18.0. The van der Waals surface area contributed by atoms with E-state index in [4.69, 9.17) is 0 Å². The summed E-state index contributed by atoms with van der Waals surface area (Å²) in [7, 11) is 2.97. The van der Waals surface area contributed by atoms with Crippen LogP contribution in [0.5, 0.6) is 0 Å². The van der Waals surface area contributed by atoms with Crippen LogP contribution in [0.25, 0.3) is 17.2 Å². The average Bonchev–Trinajstić information content (AvgIpc) is 3.50. The Hall–Kier alpha value is -4.33. The lowest BCUT2D eigenvalue weighted by molar-refractivity contribution is -0.174. The minimum Gasteiger partial charge on any atom is -0.369 e. The van der Waals surface area contributed by atoms with E-state index in [1.807, 2.05) is 0 Å². The van der Waals surface area contributed by atoms with Crippen LogP contribution in [0.1, 0.15) is 5.69 Å². The fourth-order valence-corrected chi connectivity index (χ4v) is 3.61. The molecule has 0 radical (unpaired) electrons. The molecule has 34 heavy (non-hydrogen) atoms. The van der Waals surface area contributed by atoms with E-state index in [2.05, 4.69) is 35.7 Å². The Morgan fingerprint density at radius 1 is 1.12 bits per heavy atom. The van der Waals surface area contributed by atoms with Gasteiger partial charge < -0.3 is 15.3 Å². The van der Waals surface area contributed by atoms with Gasteiger partial charge in [0.2, 0.25) is 5.95 Å². The third-order valence-corrected chi connectivity index (χ3v) is 5.33. The molecular weight excluding hydrogens is 450 g/mol.